The van der Waals surface area contributed by atoms with Gasteiger partial charge in [-0.1, -0.05) is 12.1 Å². The summed E-state index contributed by atoms with van der Waals surface area (Å²) < 4.78 is 7.24. The Hall–Kier alpha value is -3.25. The molecule has 1 fully saturated rings. The topological polar surface area (TPSA) is 55.6 Å². The van der Waals surface area contributed by atoms with E-state index in [4.69, 9.17) is 4.74 Å². The van der Waals surface area contributed by atoms with Crippen LogP contribution in [0, 0.1) is 6.92 Å². The summed E-state index contributed by atoms with van der Waals surface area (Å²) in [5, 5.41) is 3.43. The number of carbonyl (C=O) groups excluding carboxylic acids is 1. The maximum Gasteiger partial charge on any atom is 0.264 e. The number of methoxy groups -OCH3 is 1. The third-order valence-electron chi connectivity index (χ3n) is 4.29. The molecule has 3 aromatic rings. The molecule has 1 amide bonds. The third kappa shape index (κ3) is 3.87. The lowest BCUT2D eigenvalue weighted by Crippen LogP contribution is -2.19. The molecular weight excluding hydrogens is 370 g/mol. The number of rotatable bonds is 4. The van der Waals surface area contributed by atoms with Crippen LogP contribution < -0.4 is 10.1 Å². The predicted octanol–water partition coefficient (Wildman–Crippen LogP) is 4.69. The second kappa shape index (κ2) is 7.78. The third-order valence-corrected chi connectivity index (χ3v) is 5.20. The monoisotopic (exact) mass is 389 g/mol. The van der Waals surface area contributed by atoms with Gasteiger partial charge in [-0.25, -0.2) is 4.99 Å². The Morgan fingerprint density at radius 1 is 1.11 bits per heavy atom. The quantitative estimate of drug-likeness (QED) is 0.659. The second-order valence-electron chi connectivity index (χ2n) is 6.32. The van der Waals surface area contributed by atoms with Gasteiger partial charge in [0.2, 0.25) is 0 Å². The smallest absolute Gasteiger partial charge is 0.264 e. The van der Waals surface area contributed by atoms with Crippen LogP contribution >= 0.6 is 11.8 Å². The summed E-state index contributed by atoms with van der Waals surface area (Å²) in [5.41, 5.74) is 3.87. The molecule has 0 atom stereocenters. The van der Waals surface area contributed by atoms with Gasteiger partial charge in [0.25, 0.3) is 5.91 Å². The van der Waals surface area contributed by atoms with E-state index < -0.39 is 0 Å². The van der Waals surface area contributed by atoms with Crippen molar-refractivity contribution in [3.05, 3.63) is 83.0 Å². The SMILES string of the molecule is COc1ccc(-n2cccc2/C=C2\SC(=Nc3cccc(C)c3)NC2=O)cc1. The number of amides is 1. The van der Waals surface area contributed by atoms with Gasteiger partial charge in [-0.3, -0.25) is 4.79 Å². The van der Waals surface area contributed by atoms with Crippen LogP contribution in [-0.2, 0) is 4.79 Å². The average molecular weight is 389 g/mol. The van der Waals surface area contributed by atoms with Gasteiger partial charge in [-0.15, -0.1) is 0 Å². The van der Waals surface area contributed by atoms with Gasteiger partial charge in [0, 0.05) is 17.6 Å². The molecule has 1 N–H and O–H groups in total. The largest absolute Gasteiger partial charge is 0.497 e. The highest BCUT2D eigenvalue weighted by Gasteiger charge is 2.24. The van der Waals surface area contributed by atoms with E-state index in [0.717, 1.165) is 28.4 Å². The second-order valence-corrected chi connectivity index (χ2v) is 7.35. The van der Waals surface area contributed by atoms with Crippen molar-refractivity contribution >= 4 is 34.6 Å². The highest BCUT2D eigenvalue weighted by Crippen LogP contribution is 2.29. The van der Waals surface area contributed by atoms with E-state index in [1.165, 1.54) is 11.8 Å². The summed E-state index contributed by atoms with van der Waals surface area (Å²) in [5.74, 6) is 0.664. The lowest BCUT2D eigenvalue weighted by atomic mass is 10.2. The minimum Gasteiger partial charge on any atom is -0.497 e. The molecule has 2 aromatic carbocycles. The number of aliphatic imine (C=N–C) groups is 1. The van der Waals surface area contributed by atoms with Crippen molar-refractivity contribution < 1.29 is 9.53 Å². The number of amidine groups is 1. The molecule has 1 saturated heterocycles. The van der Waals surface area contributed by atoms with E-state index in [-0.39, 0.29) is 5.91 Å². The molecule has 0 unspecified atom stereocenters. The minimum atomic E-state index is -0.140. The zero-order valence-electron chi connectivity index (χ0n) is 15.5. The molecule has 0 spiro atoms. The van der Waals surface area contributed by atoms with Crippen molar-refractivity contribution in [2.75, 3.05) is 7.11 Å². The Balaban J connectivity index is 1.60. The average Bonchev–Trinajstić information content (AvgIpc) is 3.29. The number of aromatic nitrogens is 1. The molecular formula is C22H19N3O2S. The maximum atomic E-state index is 12.4. The summed E-state index contributed by atoms with van der Waals surface area (Å²) in [7, 11) is 1.65. The number of ether oxygens (including phenoxy) is 1. The molecule has 28 heavy (non-hydrogen) atoms. The van der Waals surface area contributed by atoms with E-state index in [9.17, 15) is 4.79 Å². The summed E-state index contributed by atoms with van der Waals surface area (Å²) in [6.07, 6.45) is 3.84. The van der Waals surface area contributed by atoms with Crippen LogP contribution in [0.15, 0.2) is 76.8 Å². The summed E-state index contributed by atoms with van der Waals surface area (Å²) >= 11 is 1.34. The zero-order valence-corrected chi connectivity index (χ0v) is 16.4. The van der Waals surface area contributed by atoms with Crippen LogP contribution in [0.5, 0.6) is 5.75 Å². The van der Waals surface area contributed by atoms with E-state index in [0.29, 0.717) is 10.1 Å². The number of nitrogens with zero attached hydrogens (tertiary/aromatic N) is 2. The molecule has 0 bridgehead atoms. The maximum absolute atomic E-state index is 12.4. The first-order valence-electron chi connectivity index (χ1n) is 8.80. The number of hydrogen-bond donors (Lipinski definition) is 1. The van der Waals surface area contributed by atoms with Crippen LogP contribution in [0.3, 0.4) is 0 Å². The normalized spacial score (nSPS) is 16.6. The fourth-order valence-electron chi connectivity index (χ4n) is 2.92. The summed E-state index contributed by atoms with van der Waals surface area (Å²) in [6.45, 7) is 2.02. The lowest BCUT2D eigenvalue weighted by molar-refractivity contribution is -0.115. The number of nitrogens with one attached hydrogen (secondary N) is 1. The molecule has 0 radical (unpaired) electrons. The van der Waals surface area contributed by atoms with Crippen molar-refractivity contribution in [3.63, 3.8) is 0 Å². The number of hydrogen-bond acceptors (Lipinski definition) is 4. The Morgan fingerprint density at radius 3 is 2.68 bits per heavy atom. The minimum absolute atomic E-state index is 0.140. The molecule has 1 aliphatic rings. The van der Waals surface area contributed by atoms with Crippen molar-refractivity contribution in [2.24, 2.45) is 4.99 Å². The van der Waals surface area contributed by atoms with E-state index >= 15 is 0 Å². The van der Waals surface area contributed by atoms with Gasteiger partial charge >= 0.3 is 0 Å². The molecule has 0 aliphatic carbocycles. The standard InChI is InChI=1S/C22H19N3O2S/c1-15-5-3-6-16(13-15)23-22-24-21(26)20(28-22)14-18-7-4-12-25(18)17-8-10-19(27-2)11-9-17/h3-14H,1-2H3,(H,23,24,26)/b20-14-. The zero-order chi connectivity index (χ0) is 19.5. The first-order chi connectivity index (χ1) is 13.6. The first-order valence-corrected chi connectivity index (χ1v) is 9.62. The van der Waals surface area contributed by atoms with Gasteiger partial charge < -0.3 is 14.6 Å². The van der Waals surface area contributed by atoms with Gasteiger partial charge in [-0.2, -0.15) is 0 Å². The molecule has 6 heteroatoms. The van der Waals surface area contributed by atoms with Gasteiger partial charge in [0.15, 0.2) is 5.17 Å². The van der Waals surface area contributed by atoms with Crippen LogP contribution in [0.1, 0.15) is 11.3 Å². The molecule has 140 valence electrons. The first kappa shape index (κ1) is 18.1. The Kier molecular flexibility index (Phi) is 5.04. The van der Waals surface area contributed by atoms with E-state index in [2.05, 4.69) is 10.3 Å². The highest BCUT2D eigenvalue weighted by molar-refractivity contribution is 8.18. The Bertz CT molecular complexity index is 1080. The van der Waals surface area contributed by atoms with Crippen LogP contribution in [0.4, 0.5) is 5.69 Å². The van der Waals surface area contributed by atoms with Gasteiger partial charge in [-0.05, 0) is 78.9 Å². The number of benzene rings is 2. The highest BCUT2D eigenvalue weighted by atomic mass is 32.2. The van der Waals surface area contributed by atoms with Gasteiger partial charge in [0.1, 0.15) is 5.75 Å². The Labute approximate surface area is 167 Å². The van der Waals surface area contributed by atoms with Gasteiger partial charge in [0.05, 0.1) is 17.7 Å². The van der Waals surface area contributed by atoms with Crippen LogP contribution in [0.25, 0.3) is 11.8 Å². The number of thioether (sulfide) groups is 1. The predicted molar refractivity (Wildman–Crippen MR) is 114 cm³/mol. The Morgan fingerprint density at radius 2 is 1.93 bits per heavy atom. The van der Waals surface area contributed by atoms with E-state index in [1.54, 1.807) is 7.11 Å². The number of carbonyl (C=O) groups is 1. The van der Waals surface area contributed by atoms with Crippen LogP contribution in [-0.4, -0.2) is 22.8 Å². The molecule has 4 rings (SSSR count). The van der Waals surface area contributed by atoms with Crippen molar-refractivity contribution in [1.82, 2.24) is 9.88 Å². The molecule has 2 heterocycles. The van der Waals surface area contributed by atoms with Crippen LogP contribution in [0.2, 0.25) is 0 Å². The van der Waals surface area contributed by atoms with Crippen molar-refractivity contribution in [3.8, 4) is 11.4 Å². The number of aryl methyl sites for hydroxylation is 1. The van der Waals surface area contributed by atoms with E-state index in [1.807, 2.05) is 84.4 Å². The summed E-state index contributed by atoms with van der Waals surface area (Å²) in [6, 6.07) is 19.6. The molecule has 0 saturated carbocycles. The molecule has 5 nitrogen and oxygen atoms in total. The fourth-order valence-corrected chi connectivity index (χ4v) is 3.75. The van der Waals surface area contributed by atoms with Crippen molar-refractivity contribution in [1.29, 1.82) is 0 Å². The lowest BCUT2D eigenvalue weighted by Gasteiger charge is -2.08. The van der Waals surface area contributed by atoms with Crippen molar-refractivity contribution in [2.45, 2.75) is 6.92 Å². The summed E-state index contributed by atoms with van der Waals surface area (Å²) in [4.78, 5) is 17.5. The molecule has 1 aliphatic heterocycles. The molecule has 1 aromatic heterocycles. The fraction of sp³-hybridized carbons (Fsp3) is 0.0909.